The first-order valence-corrected chi connectivity index (χ1v) is 6.53. The molecule has 2 N–H and O–H groups in total. The van der Waals surface area contributed by atoms with Crippen LogP contribution in [0.3, 0.4) is 0 Å². The van der Waals surface area contributed by atoms with Crippen LogP contribution in [0.2, 0.25) is 0 Å². The van der Waals surface area contributed by atoms with Gasteiger partial charge in [-0.25, -0.2) is 0 Å². The van der Waals surface area contributed by atoms with E-state index in [1.54, 1.807) is 38.4 Å². The molecule has 0 bridgehead atoms. The second-order valence-electron chi connectivity index (χ2n) is 4.83. The lowest BCUT2D eigenvalue weighted by molar-refractivity contribution is -0.128. The lowest BCUT2D eigenvalue weighted by Crippen LogP contribution is -2.45. The van der Waals surface area contributed by atoms with Crippen LogP contribution in [0.4, 0.5) is 5.69 Å². The van der Waals surface area contributed by atoms with Gasteiger partial charge in [0.1, 0.15) is 6.10 Å². The van der Waals surface area contributed by atoms with Crippen molar-refractivity contribution < 1.29 is 14.3 Å². The predicted octanol–water partition coefficient (Wildman–Crippen LogP) is 0.315. The van der Waals surface area contributed by atoms with Crippen LogP contribution in [-0.4, -0.2) is 56.6 Å². The molecule has 2 amide bonds. The zero-order chi connectivity index (χ0) is 14.5. The Kier molecular flexibility index (Phi) is 4.70. The summed E-state index contributed by atoms with van der Waals surface area (Å²) < 4.78 is 5.37. The zero-order valence-corrected chi connectivity index (χ0v) is 11.7. The molecule has 2 rings (SSSR count). The Hall–Kier alpha value is -1.92. The molecule has 0 aliphatic carbocycles. The molecule has 0 aromatic heterocycles. The van der Waals surface area contributed by atoms with Gasteiger partial charge in [0.05, 0.1) is 6.61 Å². The molecule has 20 heavy (non-hydrogen) atoms. The number of hydrogen-bond donors (Lipinski definition) is 2. The highest BCUT2D eigenvalue weighted by atomic mass is 16.5. The van der Waals surface area contributed by atoms with Gasteiger partial charge in [-0.05, 0) is 24.3 Å². The van der Waals surface area contributed by atoms with Crippen LogP contribution < -0.4 is 10.6 Å². The minimum atomic E-state index is -0.466. The topological polar surface area (TPSA) is 70.7 Å². The number of hydrogen-bond acceptors (Lipinski definition) is 4. The van der Waals surface area contributed by atoms with E-state index in [1.807, 2.05) is 0 Å². The molecule has 0 spiro atoms. The van der Waals surface area contributed by atoms with E-state index in [0.29, 0.717) is 24.4 Å². The van der Waals surface area contributed by atoms with Gasteiger partial charge in [0.25, 0.3) is 11.8 Å². The van der Waals surface area contributed by atoms with E-state index in [1.165, 1.54) is 4.90 Å². The van der Waals surface area contributed by atoms with Crippen molar-refractivity contribution in [1.82, 2.24) is 10.2 Å². The average molecular weight is 277 g/mol. The molecule has 1 aromatic carbocycles. The van der Waals surface area contributed by atoms with E-state index >= 15 is 0 Å². The Morgan fingerprint density at radius 2 is 2.00 bits per heavy atom. The molecule has 1 unspecified atom stereocenters. The normalized spacial score (nSPS) is 18.4. The molecular weight excluding hydrogens is 258 g/mol. The monoisotopic (exact) mass is 277 g/mol. The van der Waals surface area contributed by atoms with E-state index in [0.717, 1.165) is 6.54 Å². The molecule has 1 aliphatic rings. The van der Waals surface area contributed by atoms with Crippen LogP contribution in [0.5, 0.6) is 0 Å². The maximum atomic E-state index is 11.9. The van der Waals surface area contributed by atoms with Crippen LogP contribution in [0, 0.1) is 0 Å². The molecule has 1 aliphatic heterocycles. The first-order chi connectivity index (χ1) is 9.58. The number of morpholine rings is 1. The summed E-state index contributed by atoms with van der Waals surface area (Å²) in [5.41, 5.74) is 1.24. The van der Waals surface area contributed by atoms with Crippen molar-refractivity contribution in [2.75, 3.05) is 39.1 Å². The number of nitrogens with one attached hydrogen (secondary N) is 2. The van der Waals surface area contributed by atoms with E-state index in [2.05, 4.69) is 10.6 Å². The van der Waals surface area contributed by atoms with Crippen molar-refractivity contribution in [3.05, 3.63) is 29.8 Å². The number of rotatable bonds is 3. The van der Waals surface area contributed by atoms with Crippen molar-refractivity contribution >= 4 is 17.5 Å². The highest BCUT2D eigenvalue weighted by molar-refractivity contribution is 5.96. The van der Waals surface area contributed by atoms with Gasteiger partial charge in [-0.3, -0.25) is 9.59 Å². The molecule has 1 aromatic rings. The van der Waals surface area contributed by atoms with Crippen LogP contribution >= 0.6 is 0 Å². The maximum absolute atomic E-state index is 11.9. The second-order valence-corrected chi connectivity index (χ2v) is 4.83. The average Bonchev–Trinajstić information content (AvgIpc) is 2.48. The fraction of sp³-hybridized carbons (Fsp3) is 0.429. The highest BCUT2D eigenvalue weighted by Gasteiger charge is 2.21. The van der Waals surface area contributed by atoms with E-state index in [-0.39, 0.29) is 11.8 Å². The van der Waals surface area contributed by atoms with Gasteiger partial charge >= 0.3 is 0 Å². The lowest BCUT2D eigenvalue weighted by Gasteiger charge is -2.22. The van der Waals surface area contributed by atoms with Gasteiger partial charge < -0.3 is 20.3 Å². The van der Waals surface area contributed by atoms with Gasteiger partial charge in [0, 0.05) is 38.4 Å². The summed E-state index contributed by atoms with van der Waals surface area (Å²) in [5, 5.41) is 5.88. The largest absolute Gasteiger partial charge is 0.366 e. The Labute approximate surface area is 118 Å². The number of anilines is 1. The summed E-state index contributed by atoms with van der Waals surface area (Å²) >= 11 is 0. The molecule has 1 atom stereocenters. The zero-order valence-electron chi connectivity index (χ0n) is 11.7. The third-order valence-corrected chi connectivity index (χ3v) is 3.03. The number of carbonyl (C=O) groups excluding carboxylic acids is 2. The molecular formula is C14H19N3O3. The Balaban J connectivity index is 1.96. The van der Waals surface area contributed by atoms with Crippen molar-refractivity contribution in [3.63, 3.8) is 0 Å². The third kappa shape index (κ3) is 3.55. The van der Waals surface area contributed by atoms with Crippen molar-refractivity contribution in [1.29, 1.82) is 0 Å². The lowest BCUT2D eigenvalue weighted by atomic mass is 10.2. The molecule has 6 nitrogen and oxygen atoms in total. The minimum absolute atomic E-state index is 0.0670. The fourth-order valence-electron chi connectivity index (χ4n) is 1.91. The molecule has 1 fully saturated rings. The summed E-state index contributed by atoms with van der Waals surface area (Å²) in [5.74, 6) is -0.244. The molecule has 1 saturated heterocycles. The minimum Gasteiger partial charge on any atom is -0.366 e. The Morgan fingerprint density at radius 1 is 1.30 bits per heavy atom. The maximum Gasteiger partial charge on any atom is 0.254 e. The first kappa shape index (κ1) is 14.5. The molecule has 0 saturated carbocycles. The highest BCUT2D eigenvalue weighted by Crippen LogP contribution is 2.12. The number of benzene rings is 1. The smallest absolute Gasteiger partial charge is 0.254 e. The summed E-state index contributed by atoms with van der Waals surface area (Å²) in [6.07, 6.45) is -0.466. The summed E-state index contributed by atoms with van der Waals surface area (Å²) in [4.78, 5) is 25.2. The van der Waals surface area contributed by atoms with Gasteiger partial charge in [-0.1, -0.05) is 0 Å². The van der Waals surface area contributed by atoms with E-state index < -0.39 is 6.10 Å². The summed E-state index contributed by atoms with van der Waals surface area (Å²) in [6.45, 7) is 1.82. The molecule has 1 heterocycles. The third-order valence-electron chi connectivity index (χ3n) is 3.03. The SMILES string of the molecule is CN(C)C(=O)c1ccc(NC(=O)C2CNCCO2)cc1. The van der Waals surface area contributed by atoms with Crippen LogP contribution in [0.25, 0.3) is 0 Å². The molecule has 6 heteroatoms. The number of ether oxygens (including phenoxy) is 1. The Bertz CT molecular complexity index is 479. The number of nitrogens with zero attached hydrogens (tertiary/aromatic N) is 1. The summed E-state index contributed by atoms with van der Waals surface area (Å²) in [7, 11) is 3.40. The summed E-state index contributed by atoms with van der Waals surface area (Å²) in [6, 6.07) is 6.81. The van der Waals surface area contributed by atoms with Crippen LogP contribution in [0.1, 0.15) is 10.4 Å². The molecule has 0 radical (unpaired) electrons. The standard InChI is InChI=1S/C14H19N3O3/c1-17(2)14(19)10-3-5-11(6-4-10)16-13(18)12-9-15-7-8-20-12/h3-6,12,15H,7-9H2,1-2H3,(H,16,18). The van der Waals surface area contributed by atoms with Crippen molar-refractivity contribution in [2.24, 2.45) is 0 Å². The van der Waals surface area contributed by atoms with Crippen LogP contribution in [-0.2, 0) is 9.53 Å². The van der Waals surface area contributed by atoms with Crippen LogP contribution in [0.15, 0.2) is 24.3 Å². The molecule has 108 valence electrons. The van der Waals surface area contributed by atoms with Gasteiger partial charge in [0.15, 0.2) is 0 Å². The van der Waals surface area contributed by atoms with Crippen molar-refractivity contribution in [2.45, 2.75) is 6.10 Å². The van der Waals surface area contributed by atoms with Gasteiger partial charge in [-0.15, -0.1) is 0 Å². The van der Waals surface area contributed by atoms with E-state index in [9.17, 15) is 9.59 Å². The predicted molar refractivity (Wildman–Crippen MR) is 75.7 cm³/mol. The van der Waals surface area contributed by atoms with E-state index in [4.69, 9.17) is 4.74 Å². The van der Waals surface area contributed by atoms with Crippen molar-refractivity contribution in [3.8, 4) is 0 Å². The second kappa shape index (κ2) is 6.49. The van der Waals surface area contributed by atoms with Gasteiger partial charge in [-0.2, -0.15) is 0 Å². The fourth-order valence-corrected chi connectivity index (χ4v) is 1.91. The number of amides is 2. The first-order valence-electron chi connectivity index (χ1n) is 6.53. The Morgan fingerprint density at radius 3 is 2.55 bits per heavy atom. The number of carbonyl (C=O) groups is 2. The quantitative estimate of drug-likeness (QED) is 0.834. The van der Waals surface area contributed by atoms with Gasteiger partial charge in [0.2, 0.25) is 0 Å².